The van der Waals surface area contributed by atoms with Gasteiger partial charge in [0.1, 0.15) is 4.99 Å². The molecule has 7 heteroatoms. The lowest BCUT2D eigenvalue weighted by molar-refractivity contribution is 0.102. The molecule has 0 aliphatic carbocycles. The SMILES string of the molecule is NC(=S)c1ccc(Br)cc1NC(=O)c1cncc(Br)c1. The van der Waals surface area contributed by atoms with Crippen LogP contribution in [-0.4, -0.2) is 15.9 Å². The Bertz CT molecular complexity index is 691. The Hall–Kier alpha value is -1.31. The fourth-order valence-corrected chi connectivity index (χ4v) is 2.47. The topological polar surface area (TPSA) is 68.0 Å². The third-order valence-corrected chi connectivity index (χ3v) is 3.61. The standard InChI is InChI=1S/C13H9Br2N3OS/c14-8-1-2-10(12(16)20)11(4-8)18-13(19)7-3-9(15)6-17-5-7/h1-6H,(H2,16,20)(H,18,19). The highest BCUT2D eigenvalue weighted by molar-refractivity contribution is 9.10. The first-order valence-electron chi connectivity index (χ1n) is 5.48. The van der Waals surface area contributed by atoms with E-state index in [1.54, 1.807) is 24.4 Å². The van der Waals surface area contributed by atoms with Gasteiger partial charge < -0.3 is 11.1 Å². The van der Waals surface area contributed by atoms with Crippen LogP contribution in [0, 0.1) is 0 Å². The zero-order valence-corrected chi connectivity index (χ0v) is 14.0. The number of nitrogens with two attached hydrogens (primary N) is 1. The molecule has 0 saturated heterocycles. The molecule has 1 amide bonds. The number of carbonyl (C=O) groups is 1. The number of thiocarbonyl (C=S) groups is 1. The molecule has 1 aromatic carbocycles. The van der Waals surface area contributed by atoms with Gasteiger partial charge >= 0.3 is 0 Å². The highest BCUT2D eigenvalue weighted by atomic mass is 79.9. The second kappa shape index (κ2) is 6.43. The van der Waals surface area contributed by atoms with Crippen molar-refractivity contribution >= 4 is 60.7 Å². The average molecular weight is 415 g/mol. The summed E-state index contributed by atoms with van der Waals surface area (Å²) in [6, 6.07) is 6.99. The number of hydrogen-bond donors (Lipinski definition) is 2. The van der Waals surface area contributed by atoms with Gasteiger partial charge in [-0.1, -0.05) is 28.1 Å². The molecule has 0 aliphatic heterocycles. The Morgan fingerprint density at radius 1 is 1.20 bits per heavy atom. The van der Waals surface area contributed by atoms with Gasteiger partial charge in [0.2, 0.25) is 0 Å². The number of hydrogen-bond acceptors (Lipinski definition) is 3. The van der Waals surface area contributed by atoms with Crippen LogP contribution in [0.25, 0.3) is 0 Å². The zero-order chi connectivity index (χ0) is 14.7. The van der Waals surface area contributed by atoms with Crippen LogP contribution >= 0.6 is 44.1 Å². The summed E-state index contributed by atoms with van der Waals surface area (Å²) in [7, 11) is 0. The predicted octanol–water partition coefficient (Wildman–Crippen LogP) is 3.49. The summed E-state index contributed by atoms with van der Waals surface area (Å²) in [4.78, 5) is 16.4. The number of rotatable bonds is 3. The summed E-state index contributed by atoms with van der Waals surface area (Å²) in [5.74, 6) is -0.283. The number of amides is 1. The first-order chi connectivity index (χ1) is 9.47. The summed E-state index contributed by atoms with van der Waals surface area (Å²) in [6.07, 6.45) is 3.09. The largest absolute Gasteiger partial charge is 0.389 e. The third kappa shape index (κ3) is 3.62. The van der Waals surface area contributed by atoms with Gasteiger partial charge in [0.25, 0.3) is 5.91 Å². The molecule has 1 heterocycles. The summed E-state index contributed by atoms with van der Waals surface area (Å²) in [5, 5.41) is 2.78. The van der Waals surface area contributed by atoms with Gasteiger partial charge in [-0.3, -0.25) is 9.78 Å². The van der Waals surface area contributed by atoms with E-state index in [1.165, 1.54) is 6.20 Å². The fraction of sp³-hybridized carbons (Fsp3) is 0. The molecule has 20 heavy (non-hydrogen) atoms. The van der Waals surface area contributed by atoms with Crippen LogP contribution in [0.1, 0.15) is 15.9 Å². The molecule has 2 rings (SSSR count). The predicted molar refractivity (Wildman–Crippen MR) is 89.9 cm³/mol. The maximum atomic E-state index is 12.2. The molecule has 0 bridgehead atoms. The number of pyridine rings is 1. The van der Waals surface area contributed by atoms with Crippen LogP contribution in [0.4, 0.5) is 5.69 Å². The van der Waals surface area contributed by atoms with E-state index in [9.17, 15) is 4.79 Å². The lowest BCUT2D eigenvalue weighted by Crippen LogP contribution is -2.17. The number of aromatic nitrogens is 1. The Balaban J connectivity index is 2.32. The number of nitrogens with one attached hydrogen (secondary N) is 1. The van der Waals surface area contributed by atoms with E-state index in [0.717, 1.165) is 8.95 Å². The second-order valence-corrected chi connectivity index (χ2v) is 6.17. The van der Waals surface area contributed by atoms with Crippen molar-refractivity contribution in [2.24, 2.45) is 5.73 Å². The molecule has 0 spiro atoms. The minimum atomic E-state index is -0.283. The molecule has 0 atom stereocenters. The van der Waals surface area contributed by atoms with Crippen LogP contribution in [0.5, 0.6) is 0 Å². The molecule has 3 N–H and O–H groups in total. The van der Waals surface area contributed by atoms with Crippen molar-refractivity contribution in [3.05, 3.63) is 56.7 Å². The van der Waals surface area contributed by atoms with Gasteiger partial charge in [-0.25, -0.2) is 0 Å². The zero-order valence-electron chi connectivity index (χ0n) is 10.1. The van der Waals surface area contributed by atoms with Crippen molar-refractivity contribution in [2.75, 3.05) is 5.32 Å². The molecule has 0 aliphatic rings. The molecule has 102 valence electrons. The molecule has 4 nitrogen and oxygen atoms in total. The van der Waals surface area contributed by atoms with Crippen molar-refractivity contribution in [3.8, 4) is 0 Å². The van der Waals surface area contributed by atoms with E-state index in [1.807, 2.05) is 6.07 Å². The quantitative estimate of drug-likeness (QED) is 0.754. The summed E-state index contributed by atoms with van der Waals surface area (Å²) in [6.45, 7) is 0. The van der Waals surface area contributed by atoms with Crippen molar-refractivity contribution in [3.63, 3.8) is 0 Å². The fourth-order valence-electron chi connectivity index (χ4n) is 1.57. The monoisotopic (exact) mass is 413 g/mol. The van der Waals surface area contributed by atoms with Gasteiger partial charge in [0.15, 0.2) is 0 Å². The van der Waals surface area contributed by atoms with Gasteiger partial charge in [0, 0.05) is 26.9 Å². The van der Waals surface area contributed by atoms with Crippen LogP contribution in [0.15, 0.2) is 45.6 Å². The molecule has 0 fully saturated rings. The van der Waals surface area contributed by atoms with Crippen LogP contribution in [0.3, 0.4) is 0 Å². The highest BCUT2D eigenvalue weighted by Gasteiger charge is 2.11. The van der Waals surface area contributed by atoms with E-state index >= 15 is 0 Å². The minimum Gasteiger partial charge on any atom is -0.389 e. The average Bonchev–Trinajstić information content (AvgIpc) is 2.38. The normalized spacial score (nSPS) is 10.1. The summed E-state index contributed by atoms with van der Waals surface area (Å²) < 4.78 is 1.55. The van der Waals surface area contributed by atoms with Crippen molar-refractivity contribution < 1.29 is 4.79 Å². The Labute approximate surface area is 138 Å². The van der Waals surface area contributed by atoms with Crippen molar-refractivity contribution in [1.82, 2.24) is 4.98 Å². The van der Waals surface area contributed by atoms with Crippen LogP contribution in [0.2, 0.25) is 0 Å². The molecule has 0 radical (unpaired) electrons. The van der Waals surface area contributed by atoms with Crippen molar-refractivity contribution in [2.45, 2.75) is 0 Å². The molecular formula is C13H9Br2N3OS. The molecular weight excluding hydrogens is 406 g/mol. The van der Waals surface area contributed by atoms with E-state index in [0.29, 0.717) is 16.8 Å². The van der Waals surface area contributed by atoms with Gasteiger partial charge in [0.05, 0.1) is 11.3 Å². The second-order valence-electron chi connectivity index (χ2n) is 3.90. The number of benzene rings is 1. The smallest absolute Gasteiger partial charge is 0.257 e. The summed E-state index contributed by atoms with van der Waals surface area (Å²) in [5.41, 5.74) is 7.25. The van der Waals surface area contributed by atoms with E-state index in [4.69, 9.17) is 18.0 Å². The highest BCUT2D eigenvalue weighted by Crippen LogP contribution is 2.22. The molecule has 1 aromatic heterocycles. The van der Waals surface area contributed by atoms with Gasteiger partial charge in [-0.2, -0.15) is 0 Å². The lowest BCUT2D eigenvalue weighted by Gasteiger charge is -2.10. The van der Waals surface area contributed by atoms with Crippen LogP contribution in [-0.2, 0) is 0 Å². The Kier molecular flexibility index (Phi) is 4.85. The first kappa shape index (κ1) is 15.1. The van der Waals surface area contributed by atoms with Crippen molar-refractivity contribution in [1.29, 1.82) is 0 Å². The lowest BCUT2D eigenvalue weighted by atomic mass is 10.1. The summed E-state index contributed by atoms with van der Waals surface area (Å²) >= 11 is 11.6. The molecule has 0 saturated carbocycles. The van der Waals surface area contributed by atoms with Gasteiger partial charge in [-0.05, 0) is 40.2 Å². The van der Waals surface area contributed by atoms with E-state index in [2.05, 4.69) is 42.2 Å². The van der Waals surface area contributed by atoms with Crippen LogP contribution < -0.4 is 11.1 Å². The number of carbonyl (C=O) groups excluding carboxylic acids is 1. The minimum absolute atomic E-state index is 0.222. The Morgan fingerprint density at radius 3 is 2.60 bits per heavy atom. The number of anilines is 1. The molecule has 0 unspecified atom stereocenters. The van der Waals surface area contributed by atoms with E-state index < -0.39 is 0 Å². The van der Waals surface area contributed by atoms with E-state index in [-0.39, 0.29) is 10.9 Å². The number of nitrogens with zero attached hydrogens (tertiary/aromatic N) is 1. The third-order valence-electron chi connectivity index (χ3n) is 2.46. The maximum absolute atomic E-state index is 12.2. The number of halogens is 2. The Morgan fingerprint density at radius 2 is 1.95 bits per heavy atom. The first-order valence-corrected chi connectivity index (χ1v) is 7.48. The molecule has 2 aromatic rings. The van der Waals surface area contributed by atoms with Gasteiger partial charge in [-0.15, -0.1) is 0 Å². The maximum Gasteiger partial charge on any atom is 0.257 e.